The van der Waals surface area contributed by atoms with E-state index >= 15 is 0 Å². The lowest BCUT2D eigenvalue weighted by molar-refractivity contribution is 0.0762. The summed E-state index contributed by atoms with van der Waals surface area (Å²) in [4.78, 5) is 13.8. The molecule has 1 saturated heterocycles. The number of aliphatic hydroxyl groups is 1. The van der Waals surface area contributed by atoms with Crippen molar-refractivity contribution in [1.82, 2.24) is 4.90 Å². The third kappa shape index (κ3) is 2.46. The van der Waals surface area contributed by atoms with Crippen LogP contribution in [0.15, 0.2) is 18.2 Å². The molecule has 0 spiro atoms. The van der Waals surface area contributed by atoms with Gasteiger partial charge < -0.3 is 15.7 Å². The number of carbonyl (C=O) groups excluding carboxylic acids is 1. The van der Waals surface area contributed by atoms with E-state index in [-0.39, 0.29) is 17.5 Å². The summed E-state index contributed by atoms with van der Waals surface area (Å²) in [7, 11) is 0. The van der Waals surface area contributed by atoms with Gasteiger partial charge in [-0.1, -0.05) is 0 Å². The first-order valence-corrected chi connectivity index (χ1v) is 6.01. The first kappa shape index (κ1) is 12.8. The number of hydrogen-bond donors (Lipinski definition) is 2. The van der Waals surface area contributed by atoms with E-state index in [1.54, 1.807) is 11.8 Å². The monoisotopic (exact) mass is 252 g/mol. The number of likely N-dealkylation sites (tertiary alicyclic amines) is 1. The number of amides is 1. The van der Waals surface area contributed by atoms with Crippen molar-refractivity contribution in [2.75, 3.05) is 18.8 Å². The summed E-state index contributed by atoms with van der Waals surface area (Å²) in [5.41, 5.74) is 5.81. The molecule has 5 heteroatoms. The number of halogens is 1. The summed E-state index contributed by atoms with van der Waals surface area (Å²) in [5, 5.41) is 9.50. The lowest BCUT2D eigenvalue weighted by atomic mass is 10.0. The summed E-state index contributed by atoms with van der Waals surface area (Å²) in [5.74, 6) is -0.563. The molecule has 1 aromatic carbocycles. The lowest BCUT2D eigenvalue weighted by Crippen LogP contribution is -2.30. The van der Waals surface area contributed by atoms with E-state index < -0.39 is 11.9 Å². The van der Waals surface area contributed by atoms with E-state index in [4.69, 9.17) is 5.73 Å². The van der Waals surface area contributed by atoms with Gasteiger partial charge in [0.25, 0.3) is 5.91 Å². The summed E-state index contributed by atoms with van der Waals surface area (Å²) < 4.78 is 13.0. The Morgan fingerprint density at radius 1 is 1.61 bits per heavy atom. The fraction of sp³-hybridized carbons (Fsp3) is 0.462. The highest BCUT2D eigenvalue weighted by molar-refractivity contribution is 5.95. The van der Waals surface area contributed by atoms with Crippen LogP contribution >= 0.6 is 0 Å². The second kappa shape index (κ2) is 4.94. The van der Waals surface area contributed by atoms with Crippen molar-refractivity contribution in [2.45, 2.75) is 19.4 Å². The molecule has 98 valence electrons. The molecule has 1 aliphatic heterocycles. The minimum atomic E-state index is -0.519. The quantitative estimate of drug-likeness (QED) is 0.778. The molecule has 4 nitrogen and oxygen atoms in total. The van der Waals surface area contributed by atoms with Gasteiger partial charge in [-0.25, -0.2) is 4.39 Å². The van der Waals surface area contributed by atoms with Crippen LogP contribution in [0.5, 0.6) is 0 Å². The van der Waals surface area contributed by atoms with Crippen molar-refractivity contribution in [3.05, 3.63) is 29.6 Å². The van der Waals surface area contributed by atoms with Crippen LogP contribution in [0.3, 0.4) is 0 Å². The van der Waals surface area contributed by atoms with Gasteiger partial charge in [-0.15, -0.1) is 0 Å². The molecule has 2 atom stereocenters. The number of nitrogens with two attached hydrogens (primary N) is 1. The van der Waals surface area contributed by atoms with Crippen LogP contribution in [0, 0.1) is 11.7 Å². The van der Waals surface area contributed by atoms with Crippen LogP contribution < -0.4 is 5.73 Å². The SMILES string of the molecule is CC(O)C1CCN(C(=O)c2ccc(F)c(N)c2)C1. The first-order valence-electron chi connectivity index (χ1n) is 6.01. The zero-order chi connectivity index (χ0) is 13.3. The Labute approximate surface area is 105 Å². The number of hydrogen-bond acceptors (Lipinski definition) is 3. The van der Waals surface area contributed by atoms with Crippen LogP contribution in [0.25, 0.3) is 0 Å². The number of aliphatic hydroxyl groups excluding tert-OH is 1. The summed E-state index contributed by atoms with van der Waals surface area (Å²) in [6.07, 6.45) is 0.376. The molecule has 2 rings (SSSR count). The van der Waals surface area contributed by atoms with Crippen molar-refractivity contribution in [3.8, 4) is 0 Å². The Morgan fingerprint density at radius 3 is 2.89 bits per heavy atom. The molecule has 1 aromatic rings. The molecule has 18 heavy (non-hydrogen) atoms. The number of anilines is 1. The van der Waals surface area contributed by atoms with Crippen LogP contribution in [-0.2, 0) is 0 Å². The molecule has 0 aromatic heterocycles. The van der Waals surface area contributed by atoms with Crippen molar-refractivity contribution in [1.29, 1.82) is 0 Å². The first-order chi connectivity index (χ1) is 8.49. The third-order valence-electron chi connectivity index (χ3n) is 3.44. The van der Waals surface area contributed by atoms with Gasteiger partial charge in [-0.3, -0.25) is 4.79 Å². The zero-order valence-corrected chi connectivity index (χ0v) is 10.3. The molecule has 1 fully saturated rings. The summed E-state index contributed by atoms with van der Waals surface area (Å²) in [6.45, 7) is 2.88. The molecule has 1 heterocycles. The minimum Gasteiger partial charge on any atom is -0.396 e. The Hall–Kier alpha value is -1.62. The van der Waals surface area contributed by atoms with Gasteiger partial charge in [-0.2, -0.15) is 0 Å². The van der Waals surface area contributed by atoms with Gasteiger partial charge in [0.1, 0.15) is 5.82 Å². The molecular formula is C13H17FN2O2. The maximum absolute atomic E-state index is 13.0. The fourth-order valence-electron chi connectivity index (χ4n) is 2.22. The highest BCUT2D eigenvalue weighted by Crippen LogP contribution is 2.22. The van der Waals surface area contributed by atoms with Gasteiger partial charge >= 0.3 is 0 Å². The second-order valence-electron chi connectivity index (χ2n) is 4.78. The molecule has 1 aliphatic rings. The summed E-state index contributed by atoms with van der Waals surface area (Å²) in [6, 6.07) is 3.99. The number of benzene rings is 1. The Kier molecular flexibility index (Phi) is 3.52. The van der Waals surface area contributed by atoms with Crippen LogP contribution in [-0.4, -0.2) is 35.1 Å². The molecule has 2 unspecified atom stereocenters. The molecule has 0 saturated carbocycles. The smallest absolute Gasteiger partial charge is 0.253 e. The zero-order valence-electron chi connectivity index (χ0n) is 10.3. The highest BCUT2D eigenvalue weighted by Gasteiger charge is 2.29. The second-order valence-corrected chi connectivity index (χ2v) is 4.78. The van der Waals surface area contributed by atoms with Gasteiger partial charge in [0.05, 0.1) is 11.8 Å². The predicted octanol–water partition coefficient (Wildman–Crippen LogP) is 1.25. The van der Waals surface area contributed by atoms with Crippen molar-refractivity contribution in [2.24, 2.45) is 5.92 Å². The average molecular weight is 252 g/mol. The average Bonchev–Trinajstić information content (AvgIpc) is 2.81. The largest absolute Gasteiger partial charge is 0.396 e. The number of carbonyl (C=O) groups is 1. The van der Waals surface area contributed by atoms with Crippen molar-refractivity contribution < 1.29 is 14.3 Å². The third-order valence-corrected chi connectivity index (χ3v) is 3.44. The number of nitrogens with zero attached hydrogens (tertiary/aromatic N) is 1. The normalized spacial score (nSPS) is 21.1. The van der Waals surface area contributed by atoms with Crippen molar-refractivity contribution in [3.63, 3.8) is 0 Å². The van der Waals surface area contributed by atoms with E-state index in [0.717, 1.165) is 6.42 Å². The fourth-order valence-corrected chi connectivity index (χ4v) is 2.22. The van der Waals surface area contributed by atoms with E-state index in [1.807, 2.05) is 0 Å². The van der Waals surface area contributed by atoms with Crippen LogP contribution in [0.2, 0.25) is 0 Å². The number of rotatable bonds is 2. The van der Waals surface area contributed by atoms with E-state index in [0.29, 0.717) is 18.7 Å². The molecule has 0 aliphatic carbocycles. The maximum Gasteiger partial charge on any atom is 0.253 e. The van der Waals surface area contributed by atoms with E-state index in [1.165, 1.54) is 18.2 Å². The highest BCUT2D eigenvalue weighted by atomic mass is 19.1. The Balaban J connectivity index is 2.10. The van der Waals surface area contributed by atoms with E-state index in [2.05, 4.69) is 0 Å². The Morgan fingerprint density at radius 2 is 2.33 bits per heavy atom. The van der Waals surface area contributed by atoms with Crippen LogP contribution in [0.1, 0.15) is 23.7 Å². The standard InChI is InChI=1S/C13H17FN2O2/c1-8(17)10-4-5-16(7-10)13(18)9-2-3-11(14)12(15)6-9/h2-3,6,8,10,17H,4-5,7,15H2,1H3. The minimum absolute atomic E-state index is 0.0212. The van der Waals surface area contributed by atoms with Gasteiger partial charge in [0.2, 0.25) is 0 Å². The van der Waals surface area contributed by atoms with Gasteiger partial charge in [-0.05, 0) is 31.5 Å². The Bertz CT molecular complexity index is 462. The van der Waals surface area contributed by atoms with Gasteiger partial charge in [0.15, 0.2) is 0 Å². The molecule has 0 radical (unpaired) electrons. The topological polar surface area (TPSA) is 66.6 Å². The van der Waals surface area contributed by atoms with Crippen molar-refractivity contribution >= 4 is 11.6 Å². The molecule has 3 N–H and O–H groups in total. The maximum atomic E-state index is 13.0. The molecule has 0 bridgehead atoms. The van der Waals surface area contributed by atoms with Gasteiger partial charge in [0, 0.05) is 24.6 Å². The van der Waals surface area contributed by atoms with E-state index in [9.17, 15) is 14.3 Å². The molecule has 1 amide bonds. The predicted molar refractivity (Wildman–Crippen MR) is 66.5 cm³/mol. The summed E-state index contributed by atoms with van der Waals surface area (Å²) >= 11 is 0. The van der Waals surface area contributed by atoms with Crippen LogP contribution in [0.4, 0.5) is 10.1 Å². The molecular weight excluding hydrogens is 235 g/mol. The lowest BCUT2D eigenvalue weighted by Gasteiger charge is -2.18. The number of nitrogen functional groups attached to an aromatic ring is 1.